The van der Waals surface area contributed by atoms with E-state index in [0.717, 1.165) is 8.86 Å². The van der Waals surface area contributed by atoms with E-state index < -0.39 is 26.4 Å². The summed E-state index contributed by atoms with van der Waals surface area (Å²) in [6, 6.07) is 0. The van der Waals surface area contributed by atoms with Crippen LogP contribution < -0.4 is 0 Å². The van der Waals surface area contributed by atoms with Crippen LogP contribution in [-0.4, -0.2) is 20.1 Å². The molecular formula is C5H11IO3. The van der Waals surface area contributed by atoms with Gasteiger partial charge in [-0.15, -0.1) is 0 Å². The SMILES string of the molecule is CCI(CC)OC(=O)O. The number of carboxylic acid groups (broad SMARTS) is 1. The fourth-order valence-corrected chi connectivity index (χ4v) is 2.63. The number of carbonyl (C=O) groups is 1. The van der Waals surface area contributed by atoms with Crippen LogP contribution in [0.3, 0.4) is 0 Å². The van der Waals surface area contributed by atoms with Gasteiger partial charge >= 0.3 is 62.1 Å². The molecule has 0 heterocycles. The van der Waals surface area contributed by atoms with Crippen molar-refractivity contribution in [1.29, 1.82) is 0 Å². The second-order valence-electron chi connectivity index (χ2n) is 1.28. The summed E-state index contributed by atoms with van der Waals surface area (Å²) in [6.45, 7) is 3.94. The first-order chi connectivity index (χ1) is 4.20. The number of rotatable bonds is 3. The van der Waals surface area contributed by atoms with Gasteiger partial charge in [0, 0.05) is 0 Å². The number of hydrogen-bond donors (Lipinski definition) is 1. The molecule has 3 nitrogen and oxygen atoms in total. The molecule has 9 heavy (non-hydrogen) atoms. The quantitative estimate of drug-likeness (QED) is 0.613. The summed E-state index contributed by atoms with van der Waals surface area (Å²) in [5, 5.41) is 8.16. The van der Waals surface area contributed by atoms with Crippen molar-refractivity contribution < 1.29 is 13.0 Å². The molecule has 0 fully saturated rings. The molecule has 0 aliphatic heterocycles. The van der Waals surface area contributed by atoms with Crippen molar-refractivity contribution in [1.82, 2.24) is 0 Å². The van der Waals surface area contributed by atoms with E-state index in [4.69, 9.17) is 5.11 Å². The molecule has 0 bridgehead atoms. The summed E-state index contributed by atoms with van der Waals surface area (Å²) in [5.41, 5.74) is 0. The van der Waals surface area contributed by atoms with E-state index in [1.807, 2.05) is 13.8 Å². The first kappa shape index (κ1) is 9.00. The van der Waals surface area contributed by atoms with Crippen molar-refractivity contribution in [3.05, 3.63) is 0 Å². The minimum atomic E-state index is -1.51. The first-order valence-electron chi connectivity index (χ1n) is 2.73. The summed E-state index contributed by atoms with van der Waals surface area (Å²) in [5.74, 6) is 0. The molecule has 0 aromatic carbocycles. The van der Waals surface area contributed by atoms with Gasteiger partial charge in [0.15, 0.2) is 0 Å². The van der Waals surface area contributed by atoms with Crippen LogP contribution >= 0.6 is 20.2 Å². The third-order valence-corrected chi connectivity index (χ3v) is 5.17. The van der Waals surface area contributed by atoms with Gasteiger partial charge in [0.25, 0.3) is 0 Å². The standard InChI is InChI=1S/C5H11IO3/c1-3-6(4-2)9-5(7)8/h3-4H2,1-2H3,(H,7,8). The van der Waals surface area contributed by atoms with Crippen molar-refractivity contribution in [2.45, 2.75) is 13.8 Å². The Labute approximate surface area is 62.3 Å². The van der Waals surface area contributed by atoms with Gasteiger partial charge < -0.3 is 0 Å². The van der Waals surface area contributed by atoms with Gasteiger partial charge in [-0.25, -0.2) is 0 Å². The molecule has 0 radical (unpaired) electrons. The van der Waals surface area contributed by atoms with Gasteiger partial charge in [-0.2, -0.15) is 0 Å². The molecule has 0 saturated carbocycles. The van der Waals surface area contributed by atoms with Crippen LogP contribution in [0.25, 0.3) is 0 Å². The van der Waals surface area contributed by atoms with Gasteiger partial charge in [-0.1, -0.05) is 0 Å². The molecule has 0 unspecified atom stereocenters. The average molecular weight is 246 g/mol. The second-order valence-corrected chi connectivity index (χ2v) is 7.10. The second kappa shape index (κ2) is 4.84. The van der Waals surface area contributed by atoms with Crippen LogP contribution in [0.1, 0.15) is 13.8 Å². The molecule has 56 valence electrons. The zero-order chi connectivity index (χ0) is 7.28. The Morgan fingerprint density at radius 1 is 1.56 bits per heavy atom. The van der Waals surface area contributed by atoms with Crippen molar-refractivity contribution >= 4 is 26.4 Å². The number of alkyl halides is 2. The van der Waals surface area contributed by atoms with E-state index >= 15 is 0 Å². The average Bonchev–Trinajstić information content (AvgIpc) is 1.82. The van der Waals surface area contributed by atoms with Crippen LogP contribution in [0.4, 0.5) is 4.79 Å². The van der Waals surface area contributed by atoms with Crippen LogP contribution in [0.15, 0.2) is 0 Å². The Hall–Kier alpha value is 0. The Balaban J connectivity index is 3.43. The summed E-state index contributed by atoms with van der Waals surface area (Å²) < 4.78 is 6.44. The summed E-state index contributed by atoms with van der Waals surface area (Å²) >= 11 is -1.51. The van der Waals surface area contributed by atoms with Crippen molar-refractivity contribution in [3.8, 4) is 0 Å². The third kappa shape index (κ3) is 4.50. The number of halogens is 1. The maximum absolute atomic E-state index is 9.94. The zero-order valence-electron chi connectivity index (χ0n) is 5.56. The molecule has 0 atom stereocenters. The van der Waals surface area contributed by atoms with Crippen molar-refractivity contribution in [3.63, 3.8) is 0 Å². The molecule has 0 aliphatic rings. The molecule has 0 aromatic rings. The summed E-state index contributed by atoms with van der Waals surface area (Å²) in [4.78, 5) is 9.94. The Morgan fingerprint density at radius 2 is 2.00 bits per heavy atom. The molecule has 0 rings (SSSR count). The molecule has 4 heteroatoms. The van der Waals surface area contributed by atoms with Gasteiger partial charge in [0.05, 0.1) is 0 Å². The van der Waals surface area contributed by atoms with Gasteiger partial charge in [-0.3, -0.25) is 0 Å². The van der Waals surface area contributed by atoms with Crippen LogP contribution in [0, 0.1) is 0 Å². The topological polar surface area (TPSA) is 46.5 Å². The van der Waals surface area contributed by atoms with E-state index in [0.29, 0.717) is 0 Å². The van der Waals surface area contributed by atoms with Gasteiger partial charge in [0.1, 0.15) is 0 Å². The predicted octanol–water partition coefficient (Wildman–Crippen LogP) is 2.14. The van der Waals surface area contributed by atoms with E-state index in [-0.39, 0.29) is 0 Å². The van der Waals surface area contributed by atoms with E-state index in [1.165, 1.54) is 0 Å². The predicted molar refractivity (Wildman–Crippen MR) is 44.2 cm³/mol. The summed E-state index contributed by atoms with van der Waals surface area (Å²) in [7, 11) is 0. The summed E-state index contributed by atoms with van der Waals surface area (Å²) in [6.07, 6.45) is -1.11. The van der Waals surface area contributed by atoms with Crippen LogP contribution in [0.5, 0.6) is 0 Å². The maximum atomic E-state index is 9.94. The minimum absolute atomic E-state index is 0.909. The van der Waals surface area contributed by atoms with Crippen molar-refractivity contribution in [2.24, 2.45) is 0 Å². The molecule has 0 spiro atoms. The Kier molecular flexibility index (Phi) is 4.84. The normalized spacial score (nSPS) is 10.7. The first-order valence-corrected chi connectivity index (χ1v) is 6.67. The molecule has 0 saturated heterocycles. The van der Waals surface area contributed by atoms with Crippen LogP contribution in [0.2, 0.25) is 0 Å². The fourth-order valence-electron chi connectivity index (χ4n) is 0.391. The van der Waals surface area contributed by atoms with E-state index in [1.54, 1.807) is 0 Å². The monoisotopic (exact) mass is 246 g/mol. The number of hydrogen-bond acceptors (Lipinski definition) is 2. The van der Waals surface area contributed by atoms with Crippen LogP contribution in [-0.2, 0) is 3.07 Å². The molecule has 0 amide bonds. The molecular weight excluding hydrogens is 235 g/mol. The van der Waals surface area contributed by atoms with E-state index in [9.17, 15) is 4.79 Å². The molecule has 0 aromatic heterocycles. The third-order valence-electron chi connectivity index (χ3n) is 0.771. The Bertz CT molecular complexity index is 90.2. The van der Waals surface area contributed by atoms with Gasteiger partial charge in [-0.05, 0) is 0 Å². The molecule has 0 aliphatic carbocycles. The zero-order valence-corrected chi connectivity index (χ0v) is 7.71. The molecule has 1 N–H and O–H groups in total. The Morgan fingerprint density at radius 3 is 2.11 bits per heavy atom. The van der Waals surface area contributed by atoms with E-state index in [2.05, 4.69) is 3.07 Å². The van der Waals surface area contributed by atoms with Gasteiger partial charge in [0.2, 0.25) is 0 Å². The van der Waals surface area contributed by atoms with Crippen molar-refractivity contribution in [2.75, 3.05) is 8.86 Å². The fraction of sp³-hybridized carbons (Fsp3) is 0.800.